The fourth-order valence-electron chi connectivity index (χ4n) is 3.36. The highest BCUT2D eigenvalue weighted by Gasteiger charge is 2.34. The van der Waals surface area contributed by atoms with Gasteiger partial charge in [-0.25, -0.2) is 0 Å². The van der Waals surface area contributed by atoms with Gasteiger partial charge in [-0.2, -0.15) is 0 Å². The predicted molar refractivity (Wildman–Crippen MR) is 126 cm³/mol. The van der Waals surface area contributed by atoms with Gasteiger partial charge in [-0.3, -0.25) is 9.59 Å². The zero-order valence-corrected chi connectivity index (χ0v) is 19.6. The van der Waals surface area contributed by atoms with Gasteiger partial charge >= 0.3 is 5.97 Å². The summed E-state index contributed by atoms with van der Waals surface area (Å²) in [5.74, 6) is -1.74. The Hall–Kier alpha value is -2.38. The van der Waals surface area contributed by atoms with Gasteiger partial charge in [0.1, 0.15) is 6.54 Å². The van der Waals surface area contributed by atoms with Gasteiger partial charge in [0.25, 0.3) is 5.91 Å². The third-order valence-electron chi connectivity index (χ3n) is 5.08. The summed E-state index contributed by atoms with van der Waals surface area (Å²) < 4.78 is 11.2. The molecule has 1 saturated heterocycles. The molecule has 1 aliphatic heterocycles. The minimum atomic E-state index is -1.13. The molecule has 0 saturated carbocycles. The topological polar surface area (TPSA) is 84.9 Å². The highest BCUT2D eigenvalue weighted by atomic mass is 35.5. The lowest BCUT2D eigenvalue weighted by Gasteiger charge is -2.36. The van der Waals surface area contributed by atoms with E-state index in [1.165, 1.54) is 23.3 Å². The molecule has 8 heteroatoms. The van der Waals surface area contributed by atoms with Crippen LogP contribution in [0.4, 0.5) is 0 Å². The van der Waals surface area contributed by atoms with Crippen molar-refractivity contribution in [2.45, 2.75) is 25.4 Å². The van der Waals surface area contributed by atoms with Crippen LogP contribution in [-0.4, -0.2) is 43.9 Å². The van der Waals surface area contributed by atoms with Crippen molar-refractivity contribution >= 4 is 41.2 Å². The Bertz CT molecular complexity index is 918. The summed E-state index contributed by atoms with van der Waals surface area (Å²) in [6.07, 6.45) is 6.03. The predicted octanol–water partition coefficient (Wildman–Crippen LogP) is 5.18. The van der Waals surface area contributed by atoms with Gasteiger partial charge in [-0.1, -0.05) is 65.7 Å². The summed E-state index contributed by atoms with van der Waals surface area (Å²) in [6.45, 7) is 3.12. The molecule has 1 amide bonds. The SMILES string of the molecule is C/C=C/c1ccc(C2(OC)CCOCC2)cc1.O=C(O)CNC(=O)c1c(Cl)cccc1Cl. The number of nitrogens with one attached hydrogen (secondary N) is 1. The first kappa shape index (κ1) is 25.9. The van der Waals surface area contributed by atoms with Crippen molar-refractivity contribution in [3.63, 3.8) is 0 Å². The van der Waals surface area contributed by atoms with Crippen LogP contribution < -0.4 is 5.32 Å². The lowest BCUT2D eigenvalue weighted by Crippen LogP contribution is -2.35. The molecular formula is C24H27Cl2NO5. The number of aliphatic carboxylic acids is 1. The molecule has 0 radical (unpaired) electrons. The first-order valence-electron chi connectivity index (χ1n) is 10.1. The van der Waals surface area contributed by atoms with E-state index in [2.05, 4.69) is 41.7 Å². The van der Waals surface area contributed by atoms with Crippen molar-refractivity contribution in [3.05, 3.63) is 75.3 Å². The minimum absolute atomic E-state index is 0.0853. The van der Waals surface area contributed by atoms with Crippen LogP contribution in [0.15, 0.2) is 48.5 Å². The number of hydrogen-bond donors (Lipinski definition) is 2. The van der Waals surface area contributed by atoms with E-state index < -0.39 is 18.4 Å². The number of benzene rings is 2. The summed E-state index contributed by atoms with van der Waals surface area (Å²) >= 11 is 11.5. The first-order valence-corrected chi connectivity index (χ1v) is 10.9. The van der Waals surface area contributed by atoms with Crippen LogP contribution in [0.3, 0.4) is 0 Å². The molecule has 0 atom stereocenters. The molecule has 0 aliphatic carbocycles. The Morgan fingerprint density at radius 3 is 2.22 bits per heavy atom. The van der Waals surface area contributed by atoms with Gasteiger partial charge in [-0.05, 0) is 30.2 Å². The lowest BCUT2D eigenvalue weighted by molar-refractivity contribution is -0.135. The number of amides is 1. The molecule has 0 bridgehead atoms. The number of carbonyl (C=O) groups is 2. The van der Waals surface area contributed by atoms with Crippen LogP contribution in [0.1, 0.15) is 41.3 Å². The largest absolute Gasteiger partial charge is 0.480 e. The van der Waals surface area contributed by atoms with E-state index in [1.54, 1.807) is 13.2 Å². The van der Waals surface area contributed by atoms with Gasteiger partial charge in [0.2, 0.25) is 0 Å². The molecule has 172 valence electrons. The molecule has 0 unspecified atom stereocenters. The Morgan fingerprint density at radius 1 is 1.12 bits per heavy atom. The van der Waals surface area contributed by atoms with Gasteiger partial charge in [0.05, 0.1) is 21.2 Å². The van der Waals surface area contributed by atoms with E-state index >= 15 is 0 Å². The van der Waals surface area contributed by atoms with Crippen LogP contribution in [0, 0.1) is 0 Å². The fourth-order valence-corrected chi connectivity index (χ4v) is 3.93. The van der Waals surface area contributed by atoms with Gasteiger partial charge < -0.3 is 19.9 Å². The van der Waals surface area contributed by atoms with Crippen LogP contribution >= 0.6 is 23.2 Å². The second-order valence-corrected chi connectivity index (χ2v) is 7.92. The van der Waals surface area contributed by atoms with E-state index in [4.69, 9.17) is 37.8 Å². The standard InChI is InChI=1S/C15H20O2.C9H7Cl2NO3/c1-3-4-13-5-7-14(8-6-13)15(16-2)9-11-17-12-10-15;10-5-2-1-3-6(11)8(5)9(15)12-4-7(13)14/h3-8H,9-12H2,1-2H3;1-3H,4H2,(H,12,15)(H,13,14)/b4-3+;. The number of carboxylic acids is 1. The van der Waals surface area contributed by atoms with E-state index in [1.807, 2.05) is 6.92 Å². The monoisotopic (exact) mass is 479 g/mol. The summed E-state index contributed by atoms with van der Waals surface area (Å²) in [5.41, 5.74) is 2.43. The number of methoxy groups -OCH3 is 1. The molecular weight excluding hydrogens is 453 g/mol. The summed E-state index contributed by atoms with van der Waals surface area (Å²) in [7, 11) is 1.80. The molecule has 0 spiro atoms. The highest BCUT2D eigenvalue weighted by molar-refractivity contribution is 6.39. The fraction of sp³-hybridized carbons (Fsp3) is 0.333. The maximum absolute atomic E-state index is 11.4. The van der Waals surface area contributed by atoms with Gasteiger partial charge in [0, 0.05) is 33.2 Å². The second kappa shape index (κ2) is 12.6. The maximum atomic E-state index is 11.4. The average molecular weight is 480 g/mol. The van der Waals surface area contributed by atoms with Crippen molar-refractivity contribution in [2.24, 2.45) is 0 Å². The smallest absolute Gasteiger partial charge is 0.322 e. The van der Waals surface area contributed by atoms with Crippen molar-refractivity contribution in [1.29, 1.82) is 0 Å². The summed E-state index contributed by atoms with van der Waals surface area (Å²) in [4.78, 5) is 21.7. The van der Waals surface area contributed by atoms with Crippen molar-refractivity contribution in [3.8, 4) is 0 Å². The number of hydrogen-bond acceptors (Lipinski definition) is 4. The lowest BCUT2D eigenvalue weighted by atomic mass is 9.86. The Balaban J connectivity index is 0.000000229. The molecule has 2 N–H and O–H groups in total. The Morgan fingerprint density at radius 2 is 1.72 bits per heavy atom. The summed E-state index contributed by atoms with van der Waals surface area (Å²) in [6, 6.07) is 13.2. The normalized spacial score (nSPS) is 15.0. The number of carboxylic acid groups (broad SMARTS) is 1. The van der Waals surface area contributed by atoms with E-state index in [-0.39, 0.29) is 21.2 Å². The van der Waals surface area contributed by atoms with Crippen LogP contribution in [-0.2, 0) is 19.9 Å². The molecule has 2 aromatic rings. The summed E-state index contributed by atoms with van der Waals surface area (Å²) in [5, 5.41) is 10.9. The molecule has 0 aromatic heterocycles. The van der Waals surface area contributed by atoms with Crippen LogP contribution in [0.5, 0.6) is 0 Å². The zero-order valence-electron chi connectivity index (χ0n) is 18.1. The Labute approximate surface area is 198 Å². The van der Waals surface area contributed by atoms with Crippen LogP contribution in [0.25, 0.3) is 6.08 Å². The van der Waals surface area contributed by atoms with E-state index in [9.17, 15) is 9.59 Å². The highest BCUT2D eigenvalue weighted by Crippen LogP contribution is 2.35. The zero-order chi connectivity index (χ0) is 23.6. The van der Waals surface area contributed by atoms with Gasteiger partial charge in [-0.15, -0.1) is 0 Å². The molecule has 2 aromatic carbocycles. The van der Waals surface area contributed by atoms with Crippen molar-refractivity contribution < 1.29 is 24.2 Å². The first-order chi connectivity index (χ1) is 15.3. The molecule has 6 nitrogen and oxygen atoms in total. The van der Waals surface area contributed by atoms with Crippen LogP contribution in [0.2, 0.25) is 10.0 Å². The Kier molecular flexibility index (Phi) is 10.2. The maximum Gasteiger partial charge on any atom is 0.322 e. The van der Waals surface area contributed by atoms with Crippen molar-refractivity contribution in [2.75, 3.05) is 26.9 Å². The quantitative estimate of drug-likeness (QED) is 0.595. The molecule has 1 heterocycles. The number of ether oxygens (including phenoxy) is 2. The molecule has 32 heavy (non-hydrogen) atoms. The van der Waals surface area contributed by atoms with E-state index in [0.717, 1.165) is 26.1 Å². The second-order valence-electron chi connectivity index (χ2n) is 7.11. The molecule has 1 aliphatic rings. The third kappa shape index (κ3) is 7.07. The number of carbonyl (C=O) groups excluding carboxylic acids is 1. The van der Waals surface area contributed by atoms with E-state index in [0.29, 0.717) is 0 Å². The van der Waals surface area contributed by atoms with Gasteiger partial charge in [0.15, 0.2) is 0 Å². The number of rotatable bonds is 6. The molecule has 3 rings (SSSR count). The van der Waals surface area contributed by atoms with Crippen molar-refractivity contribution in [1.82, 2.24) is 5.32 Å². The minimum Gasteiger partial charge on any atom is -0.480 e. The third-order valence-corrected chi connectivity index (χ3v) is 5.71. The molecule has 1 fully saturated rings. The number of halogens is 2. The average Bonchev–Trinajstić information content (AvgIpc) is 2.79. The number of allylic oxidation sites excluding steroid dienone is 1.